The van der Waals surface area contributed by atoms with Gasteiger partial charge in [-0.05, 0) is 77.2 Å². The molecule has 3 heterocycles. The zero-order valence-corrected chi connectivity index (χ0v) is 28.1. The van der Waals surface area contributed by atoms with Crippen molar-refractivity contribution < 1.29 is 34.3 Å². The normalized spacial score (nSPS) is 27.4. The molecular formula is C37H66O7. The first-order valence-corrected chi connectivity index (χ1v) is 18.6. The van der Waals surface area contributed by atoms with Crippen LogP contribution in [0, 0.1) is 0 Å². The molecule has 44 heavy (non-hydrogen) atoms. The summed E-state index contributed by atoms with van der Waals surface area (Å²) < 4.78 is 17.7. The van der Waals surface area contributed by atoms with E-state index < -0.39 is 12.2 Å². The Labute approximate surface area is 268 Å². The summed E-state index contributed by atoms with van der Waals surface area (Å²) in [5.74, 6) is -0.148. The molecule has 7 nitrogen and oxygen atoms in total. The first-order chi connectivity index (χ1) is 21.4. The highest BCUT2D eigenvalue weighted by Gasteiger charge is 2.40. The number of carbonyl (C=O) groups is 1. The van der Waals surface area contributed by atoms with Gasteiger partial charge in [0.1, 0.15) is 6.10 Å². The van der Waals surface area contributed by atoms with Crippen LogP contribution in [-0.4, -0.2) is 70.1 Å². The number of esters is 1. The van der Waals surface area contributed by atoms with E-state index in [9.17, 15) is 20.1 Å². The van der Waals surface area contributed by atoms with Crippen LogP contribution < -0.4 is 0 Å². The molecule has 0 radical (unpaired) electrons. The molecule has 0 spiro atoms. The van der Waals surface area contributed by atoms with E-state index in [2.05, 4.69) is 6.92 Å². The Balaban J connectivity index is 1.16. The maximum atomic E-state index is 11.7. The third-order valence-electron chi connectivity index (χ3n) is 10.1. The van der Waals surface area contributed by atoms with E-state index >= 15 is 0 Å². The van der Waals surface area contributed by atoms with Crippen LogP contribution in [0.4, 0.5) is 0 Å². The van der Waals surface area contributed by atoms with Gasteiger partial charge in [-0.1, -0.05) is 96.8 Å². The number of hydrogen-bond acceptors (Lipinski definition) is 7. The smallest absolute Gasteiger partial charge is 0.334 e. The van der Waals surface area contributed by atoms with Crippen LogP contribution in [0.2, 0.25) is 0 Å². The van der Waals surface area contributed by atoms with E-state index in [-0.39, 0.29) is 42.6 Å². The van der Waals surface area contributed by atoms with Crippen molar-refractivity contribution in [3.63, 3.8) is 0 Å². The third kappa shape index (κ3) is 14.2. The zero-order chi connectivity index (χ0) is 31.6. The molecule has 256 valence electrons. The van der Waals surface area contributed by atoms with Crippen LogP contribution in [0.25, 0.3) is 0 Å². The second kappa shape index (κ2) is 21.7. The van der Waals surface area contributed by atoms with Crippen molar-refractivity contribution in [3.05, 3.63) is 11.6 Å². The monoisotopic (exact) mass is 622 g/mol. The summed E-state index contributed by atoms with van der Waals surface area (Å²) in [6.07, 6.45) is 25.4. The SMILES string of the molecule is CCCCCCCCCCCC(O)CC[C@H](O)[C@H]1CC[C@H]([C@H]2CC[C@H]([C@H](O)CCCCCCCCC3=C[C@H](C)OC3=O)O2)O1. The summed E-state index contributed by atoms with van der Waals surface area (Å²) in [4.78, 5) is 11.7. The Hall–Kier alpha value is -0.990. The van der Waals surface area contributed by atoms with Crippen LogP contribution in [0.1, 0.15) is 168 Å². The molecule has 0 saturated carbocycles. The summed E-state index contributed by atoms with van der Waals surface area (Å²) in [6, 6.07) is 0. The lowest BCUT2D eigenvalue weighted by Gasteiger charge is -2.24. The van der Waals surface area contributed by atoms with Crippen LogP contribution >= 0.6 is 0 Å². The van der Waals surface area contributed by atoms with Gasteiger partial charge in [-0.15, -0.1) is 0 Å². The quantitative estimate of drug-likeness (QED) is 0.0703. The molecule has 3 aliphatic heterocycles. The Bertz CT molecular complexity index is 801. The van der Waals surface area contributed by atoms with Crippen LogP contribution in [-0.2, 0) is 19.0 Å². The van der Waals surface area contributed by atoms with Gasteiger partial charge >= 0.3 is 5.97 Å². The maximum absolute atomic E-state index is 11.7. The van der Waals surface area contributed by atoms with Crippen molar-refractivity contribution in [2.75, 3.05) is 0 Å². The number of rotatable bonds is 25. The number of unbranched alkanes of at least 4 members (excludes halogenated alkanes) is 13. The van der Waals surface area contributed by atoms with Crippen molar-refractivity contribution >= 4 is 5.97 Å². The molecule has 0 aromatic rings. The van der Waals surface area contributed by atoms with E-state index in [1.165, 1.54) is 51.4 Å². The minimum Gasteiger partial charge on any atom is -0.455 e. The summed E-state index contributed by atoms with van der Waals surface area (Å²) in [5.41, 5.74) is 0.833. The molecule has 0 amide bonds. The average Bonchev–Trinajstić information content (AvgIpc) is 3.76. The van der Waals surface area contributed by atoms with Crippen LogP contribution in [0.3, 0.4) is 0 Å². The number of cyclic esters (lactones) is 1. The van der Waals surface area contributed by atoms with Gasteiger partial charge in [-0.3, -0.25) is 0 Å². The van der Waals surface area contributed by atoms with Gasteiger partial charge in [-0.2, -0.15) is 0 Å². The predicted octanol–water partition coefficient (Wildman–Crippen LogP) is 7.86. The molecule has 0 aromatic heterocycles. The van der Waals surface area contributed by atoms with Crippen molar-refractivity contribution in [3.8, 4) is 0 Å². The fourth-order valence-electron chi connectivity index (χ4n) is 7.25. The molecule has 8 atom stereocenters. The van der Waals surface area contributed by atoms with Gasteiger partial charge in [-0.25, -0.2) is 4.79 Å². The fraction of sp³-hybridized carbons (Fsp3) is 0.919. The highest BCUT2D eigenvalue weighted by Crippen LogP contribution is 2.34. The first kappa shape index (κ1) is 37.5. The zero-order valence-electron chi connectivity index (χ0n) is 28.1. The molecule has 1 unspecified atom stereocenters. The van der Waals surface area contributed by atoms with Crippen molar-refractivity contribution in [2.24, 2.45) is 0 Å². The van der Waals surface area contributed by atoms with Crippen molar-refractivity contribution in [1.82, 2.24) is 0 Å². The second-order valence-corrected chi connectivity index (χ2v) is 14.0. The van der Waals surface area contributed by atoms with Gasteiger partial charge in [0.15, 0.2) is 0 Å². The number of hydrogen-bond donors (Lipinski definition) is 3. The third-order valence-corrected chi connectivity index (χ3v) is 10.1. The Morgan fingerprint density at radius 2 is 1.16 bits per heavy atom. The molecular weight excluding hydrogens is 556 g/mol. The Kier molecular flexibility index (Phi) is 18.5. The number of ether oxygens (including phenoxy) is 3. The van der Waals surface area contributed by atoms with Crippen molar-refractivity contribution in [2.45, 2.75) is 217 Å². The summed E-state index contributed by atoms with van der Waals surface area (Å²) in [5, 5.41) is 31.9. The lowest BCUT2D eigenvalue weighted by atomic mass is 9.99. The highest BCUT2D eigenvalue weighted by molar-refractivity contribution is 5.90. The van der Waals surface area contributed by atoms with E-state index in [1.807, 2.05) is 13.0 Å². The summed E-state index contributed by atoms with van der Waals surface area (Å²) >= 11 is 0. The molecule has 3 N–H and O–H groups in total. The van der Waals surface area contributed by atoms with Gasteiger partial charge in [0, 0.05) is 5.57 Å². The van der Waals surface area contributed by atoms with Gasteiger partial charge < -0.3 is 29.5 Å². The molecule has 2 fully saturated rings. The minimum absolute atomic E-state index is 0.000614. The highest BCUT2D eigenvalue weighted by atomic mass is 16.6. The van der Waals surface area contributed by atoms with Gasteiger partial charge in [0.25, 0.3) is 0 Å². The second-order valence-electron chi connectivity index (χ2n) is 14.0. The first-order valence-electron chi connectivity index (χ1n) is 18.6. The summed E-state index contributed by atoms with van der Waals surface area (Å²) in [7, 11) is 0. The molecule has 3 aliphatic rings. The Morgan fingerprint density at radius 3 is 1.70 bits per heavy atom. The topological polar surface area (TPSA) is 105 Å². The molecule has 2 saturated heterocycles. The molecule has 7 heteroatoms. The van der Waals surface area contributed by atoms with E-state index in [0.717, 1.165) is 95.5 Å². The number of aliphatic hydroxyl groups excluding tert-OH is 3. The number of aliphatic hydroxyl groups is 3. The largest absolute Gasteiger partial charge is 0.455 e. The molecule has 0 aromatic carbocycles. The average molecular weight is 623 g/mol. The Morgan fingerprint density at radius 1 is 0.659 bits per heavy atom. The van der Waals surface area contributed by atoms with Crippen LogP contribution in [0.15, 0.2) is 11.6 Å². The minimum atomic E-state index is -0.541. The standard InChI is InChI=1S/C37H66O7/c1-3-4-5-6-7-8-9-13-16-19-30(38)21-22-32(40)34-24-26-36(44-34)35-25-23-33(43-35)31(39)20-17-14-11-10-12-15-18-29-27-28(2)42-37(29)41/h27-28,30-36,38-40H,3-26H2,1-2H3/t28-,30?,31+,32-,33+,34+,35+,36+/m0/s1. The van der Waals surface area contributed by atoms with Crippen LogP contribution in [0.5, 0.6) is 0 Å². The molecule has 0 aliphatic carbocycles. The molecule has 0 bridgehead atoms. The van der Waals surface area contributed by atoms with E-state index in [0.29, 0.717) is 12.8 Å². The van der Waals surface area contributed by atoms with Gasteiger partial charge in [0.2, 0.25) is 0 Å². The number of carbonyl (C=O) groups excluding carboxylic acids is 1. The lowest BCUT2D eigenvalue weighted by molar-refractivity contribution is -0.139. The predicted molar refractivity (Wildman–Crippen MR) is 175 cm³/mol. The van der Waals surface area contributed by atoms with Gasteiger partial charge in [0.05, 0.1) is 42.7 Å². The van der Waals surface area contributed by atoms with E-state index in [1.54, 1.807) is 0 Å². The van der Waals surface area contributed by atoms with Crippen molar-refractivity contribution in [1.29, 1.82) is 0 Å². The summed E-state index contributed by atoms with van der Waals surface area (Å²) in [6.45, 7) is 4.15. The molecule has 3 rings (SSSR count). The van der Waals surface area contributed by atoms with E-state index in [4.69, 9.17) is 14.2 Å². The lowest BCUT2D eigenvalue weighted by Crippen LogP contribution is -2.33. The fourth-order valence-corrected chi connectivity index (χ4v) is 7.25. The maximum Gasteiger partial charge on any atom is 0.334 e.